The summed E-state index contributed by atoms with van der Waals surface area (Å²) in [5.41, 5.74) is 4.19. The lowest BCUT2D eigenvalue weighted by Gasteiger charge is -2.45. The molecule has 0 saturated heterocycles. The Bertz CT molecular complexity index is 1340. The number of carboxylic acids is 1. The largest absolute Gasteiger partial charge is 0.503 e. The Morgan fingerprint density at radius 3 is 2.76 bits per heavy atom. The van der Waals surface area contributed by atoms with Crippen LogP contribution in [-0.4, -0.2) is 39.0 Å². The van der Waals surface area contributed by atoms with Gasteiger partial charge in [0.15, 0.2) is 5.75 Å². The number of aromatic hydroxyl groups is 1. The molecular weight excluding hydrogens is 466 g/mol. The van der Waals surface area contributed by atoms with Crippen molar-refractivity contribution in [3.05, 3.63) is 98.5 Å². The molecule has 7 heteroatoms. The van der Waals surface area contributed by atoms with E-state index in [1.165, 1.54) is 34.9 Å². The van der Waals surface area contributed by atoms with Gasteiger partial charge >= 0.3 is 5.97 Å². The first-order valence-electron chi connectivity index (χ1n) is 13.3. The van der Waals surface area contributed by atoms with Crippen LogP contribution in [-0.2, 0) is 13.0 Å². The van der Waals surface area contributed by atoms with Crippen LogP contribution in [0.2, 0.25) is 0 Å². The van der Waals surface area contributed by atoms with Crippen molar-refractivity contribution in [2.45, 2.75) is 64.5 Å². The highest BCUT2D eigenvalue weighted by molar-refractivity contribution is 5.87. The number of benzene rings is 1. The lowest BCUT2D eigenvalue weighted by molar-refractivity contribution is 0.0692. The second-order valence-corrected chi connectivity index (χ2v) is 10.2. The smallest absolute Gasteiger partial charge is 0.341 e. The van der Waals surface area contributed by atoms with Crippen LogP contribution in [0.25, 0.3) is 0 Å². The average molecular weight is 502 g/mol. The van der Waals surface area contributed by atoms with Crippen LogP contribution in [0.5, 0.6) is 5.75 Å². The number of rotatable bonds is 7. The van der Waals surface area contributed by atoms with Gasteiger partial charge in [0.05, 0.1) is 18.4 Å². The van der Waals surface area contributed by atoms with Crippen LogP contribution in [0, 0.1) is 0 Å². The quantitative estimate of drug-likeness (QED) is 0.517. The molecule has 1 aliphatic heterocycles. The van der Waals surface area contributed by atoms with Crippen molar-refractivity contribution in [2.75, 3.05) is 18.2 Å². The number of allylic oxidation sites excluding steroid dienone is 4. The van der Waals surface area contributed by atoms with E-state index in [2.05, 4.69) is 65.4 Å². The summed E-state index contributed by atoms with van der Waals surface area (Å²) in [4.78, 5) is 27.0. The van der Waals surface area contributed by atoms with Crippen molar-refractivity contribution in [2.24, 2.45) is 0 Å². The molecule has 5 rings (SSSR count). The summed E-state index contributed by atoms with van der Waals surface area (Å²) in [5, 5.41) is 22.8. The zero-order chi connectivity index (χ0) is 25.9. The van der Waals surface area contributed by atoms with Gasteiger partial charge in [0.1, 0.15) is 5.56 Å². The summed E-state index contributed by atoms with van der Waals surface area (Å²) < 4.78 is 1.74. The van der Waals surface area contributed by atoms with Gasteiger partial charge in [-0.1, -0.05) is 80.3 Å². The van der Waals surface area contributed by atoms with Crippen molar-refractivity contribution in [3.8, 4) is 5.75 Å². The van der Waals surface area contributed by atoms with Crippen LogP contribution in [0.4, 0.5) is 0 Å². The highest BCUT2D eigenvalue weighted by Gasteiger charge is 2.36. The number of pyridine rings is 1. The average Bonchev–Trinajstić information content (AvgIpc) is 3.21. The molecule has 7 nitrogen and oxygen atoms in total. The minimum Gasteiger partial charge on any atom is -0.503 e. The van der Waals surface area contributed by atoms with E-state index in [0.29, 0.717) is 18.9 Å². The SMILES string of the molecule is CCCCCCN1Cc2c(O)c(=O)c(C(=O)O)cn2N(C2C3=C(CC=CC=C3)CCc3ccccc32)C1. The number of nitrogens with zero attached hydrogens (tertiary/aromatic N) is 3. The van der Waals surface area contributed by atoms with Crippen molar-refractivity contribution in [1.82, 2.24) is 9.58 Å². The van der Waals surface area contributed by atoms with Crippen LogP contribution >= 0.6 is 0 Å². The molecule has 0 fully saturated rings. The van der Waals surface area contributed by atoms with Crippen LogP contribution in [0.3, 0.4) is 0 Å². The Balaban J connectivity index is 1.68. The van der Waals surface area contributed by atoms with Crippen LogP contribution in [0.15, 0.2) is 70.7 Å². The predicted octanol–water partition coefficient (Wildman–Crippen LogP) is 5.04. The minimum absolute atomic E-state index is 0.189. The molecule has 1 unspecified atom stereocenters. The van der Waals surface area contributed by atoms with Crippen LogP contribution in [0.1, 0.15) is 78.7 Å². The third kappa shape index (κ3) is 4.88. The number of unbranched alkanes of at least 4 members (excludes halogenated alkanes) is 3. The molecule has 0 amide bonds. The second-order valence-electron chi connectivity index (χ2n) is 10.2. The van der Waals surface area contributed by atoms with Crippen molar-refractivity contribution >= 4 is 5.97 Å². The minimum atomic E-state index is -1.34. The Kier molecular flexibility index (Phi) is 7.33. The summed E-state index contributed by atoms with van der Waals surface area (Å²) in [7, 11) is 0. The molecule has 1 aromatic heterocycles. The molecule has 3 aliphatic rings. The first-order valence-corrected chi connectivity index (χ1v) is 13.3. The molecule has 0 radical (unpaired) electrons. The number of carbonyl (C=O) groups is 1. The topological polar surface area (TPSA) is 86.0 Å². The molecule has 0 spiro atoms. The molecule has 0 bridgehead atoms. The molecule has 1 atom stereocenters. The van der Waals surface area contributed by atoms with Gasteiger partial charge in [-0.05, 0) is 42.4 Å². The van der Waals surface area contributed by atoms with E-state index >= 15 is 0 Å². The van der Waals surface area contributed by atoms with E-state index in [4.69, 9.17) is 0 Å². The van der Waals surface area contributed by atoms with Crippen LogP contribution < -0.4 is 10.4 Å². The van der Waals surface area contributed by atoms with Gasteiger partial charge in [-0.2, -0.15) is 0 Å². The maximum absolute atomic E-state index is 12.8. The zero-order valence-corrected chi connectivity index (χ0v) is 21.4. The summed E-state index contributed by atoms with van der Waals surface area (Å²) in [6.07, 6.45) is 17.1. The summed E-state index contributed by atoms with van der Waals surface area (Å²) >= 11 is 0. The van der Waals surface area contributed by atoms with E-state index in [9.17, 15) is 19.8 Å². The van der Waals surface area contributed by atoms with Gasteiger partial charge in [-0.15, -0.1) is 0 Å². The molecule has 0 saturated carbocycles. The first kappa shape index (κ1) is 25.1. The fourth-order valence-electron chi connectivity index (χ4n) is 5.83. The monoisotopic (exact) mass is 501 g/mol. The normalized spacial score (nSPS) is 19.2. The molecule has 2 heterocycles. The van der Waals surface area contributed by atoms with Crippen molar-refractivity contribution in [1.29, 1.82) is 0 Å². The second kappa shape index (κ2) is 10.8. The molecule has 2 aromatic rings. The fourth-order valence-corrected chi connectivity index (χ4v) is 5.83. The molecule has 1 aromatic carbocycles. The predicted molar refractivity (Wildman–Crippen MR) is 144 cm³/mol. The van der Waals surface area contributed by atoms with Gasteiger partial charge in [0, 0.05) is 19.3 Å². The maximum atomic E-state index is 12.8. The Morgan fingerprint density at radius 2 is 1.95 bits per heavy atom. The standard InChI is InChI=1S/C30H35N3O4/c1-2-3-4-10-17-31-19-26-29(35)28(34)25(30(36)37)18-32(26)33(20-31)27-23-13-7-5-6-11-21(23)15-16-22-12-8-9-14-24(22)27/h5-9,12-14,18,27,35H,2-4,10-11,15-17,19-20H2,1H3,(H,36,37). The molecule has 2 N–H and O–H groups in total. The number of carboxylic acid groups (broad SMARTS) is 1. The lowest BCUT2D eigenvalue weighted by atomic mass is 9.93. The number of aromatic carboxylic acids is 1. The molecule has 37 heavy (non-hydrogen) atoms. The first-order chi connectivity index (χ1) is 18.0. The van der Waals surface area contributed by atoms with Gasteiger partial charge in [0.25, 0.3) is 0 Å². The van der Waals surface area contributed by atoms with Gasteiger partial charge in [-0.3, -0.25) is 19.4 Å². The summed E-state index contributed by atoms with van der Waals surface area (Å²) in [6.45, 7) is 3.97. The number of fused-ring (bicyclic) bond motifs is 2. The zero-order valence-electron chi connectivity index (χ0n) is 21.4. The van der Waals surface area contributed by atoms with Gasteiger partial charge in [-0.25, -0.2) is 4.79 Å². The van der Waals surface area contributed by atoms with E-state index in [0.717, 1.165) is 45.1 Å². The van der Waals surface area contributed by atoms with Crippen molar-refractivity contribution < 1.29 is 15.0 Å². The third-order valence-electron chi connectivity index (χ3n) is 7.75. The summed E-state index contributed by atoms with van der Waals surface area (Å²) in [6, 6.07) is 8.26. The Labute approximate surface area is 217 Å². The van der Waals surface area contributed by atoms with E-state index in [1.54, 1.807) is 4.68 Å². The number of hydrogen-bond acceptors (Lipinski definition) is 5. The van der Waals surface area contributed by atoms with Gasteiger partial charge < -0.3 is 10.2 Å². The van der Waals surface area contributed by atoms with Crippen molar-refractivity contribution in [3.63, 3.8) is 0 Å². The highest BCUT2D eigenvalue weighted by Crippen LogP contribution is 2.41. The van der Waals surface area contributed by atoms with E-state index in [-0.39, 0.29) is 6.04 Å². The molecule has 194 valence electrons. The van der Waals surface area contributed by atoms with Gasteiger partial charge in [0.2, 0.25) is 5.43 Å². The maximum Gasteiger partial charge on any atom is 0.341 e. The number of hydrogen-bond donors (Lipinski definition) is 2. The lowest BCUT2D eigenvalue weighted by Crippen LogP contribution is -2.53. The Morgan fingerprint density at radius 1 is 1.11 bits per heavy atom. The molecule has 2 aliphatic carbocycles. The summed E-state index contributed by atoms with van der Waals surface area (Å²) in [5.74, 6) is -1.81. The van der Waals surface area contributed by atoms with E-state index < -0.39 is 22.7 Å². The number of aryl methyl sites for hydroxylation is 1. The number of aromatic nitrogens is 1. The molecular formula is C30H35N3O4. The highest BCUT2D eigenvalue weighted by atomic mass is 16.4. The van der Waals surface area contributed by atoms with E-state index in [1.807, 2.05) is 0 Å². The fraction of sp³-hybridized carbons (Fsp3) is 0.400. The third-order valence-corrected chi connectivity index (χ3v) is 7.75. The Hall–Kier alpha value is -3.58.